The molecule has 14 unspecified atom stereocenters. The molecule has 1 spiro atoms. The number of ketones is 2. The highest BCUT2D eigenvalue weighted by Crippen LogP contribution is 2.46. The van der Waals surface area contributed by atoms with Crippen LogP contribution in [0.25, 0.3) is 0 Å². The lowest BCUT2D eigenvalue weighted by molar-refractivity contribution is -0.171. The number of fused-ring (bicyclic) bond motifs is 1. The van der Waals surface area contributed by atoms with E-state index in [0.29, 0.717) is 56.9 Å². The van der Waals surface area contributed by atoms with Gasteiger partial charge in [0.2, 0.25) is 16.9 Å². The quantitative estimate of drug-likeness (QED) is 0.173. The molecule has 3 heterocycles. The van der Waals surface area contributed by atoms with Crippen molar-refractivity contribution in [2.24, 2.45) is 29.6 Å². The molecular formula is C43H69NO12. The van der Waals surface area contributed by atoms with Gasteiger partial charge in [-0.2, -0.15) is 0 Å². The summed E-state index contributed by atoms with van der Waals surface area (Å²) in [4.78, 5) is 58.8. The number of allylic oxidation sites excluding steroid dienone is 3. The van der Waals surface area contributed by atoms with E-state index in [2.05, 4.69) is 0 Å². The zero-order valence-corrected chi connectivity index (χ0v) is 35.1. The third-order valence-electron chi connectivity index (χ3n) is 13.3. The maximum Gasteiger partial charge on any atom is 0.340 e. The van der Waals surface area contributed by atoms with Gasteiger partial charge in [-0.15, -0.1) is 0 Å². The highest BCUT2D eigenvalue weighted by Gasteiger charge is 2.72. The maximum absolute atomic E-state index is 14.8. The van der Waals surface area contributed by atoms with Crippen LogP contribution in [0.1, 0.15) is 112 Å². The molecule has 4 N–H and O–H groups in total. The van der Waals surface area contributed by atoms with Gasteiger partial charge >= 0.3 is 5.97 Å². The molecule has 1 aliphatic carbocycles. The molecule has 318 valence electrons. The first-order valence-electron chi connectivity index (χ1n) is 20.7. The van der Waals surface area contributed by atoms with Gasteiger partial charge in [0.1, 0.15) is 18.0 Å². The summed E-state index contributed by atoms with van der Waals surface area (Å²) < 4.78 is 23.3. The second-order valence-corrected chi connectivity index (χ2v) is 17.4. The lowest BCUT2D eigenvalue weighted by atomic mass is 9.75. The van der Waals surface area contributed by atoms with E-state index in [1.807, 2.05) is 32.9 Å². The van der Waals surface area contributed by atoms with Crippen LogP contribution < -0.4 is 0 Å². The SMILES string of the molecule is CCC1/C=C(\C)CC(C)CC(OC)C(O)C(OC)CC(C)C2(O)C(=O)N3CCCCC3(C(=O)OC(/C(C)=C/C3CCC(O)C(OC)C3)C(C)C(O)CC1=O)C2=O. The van der Waals surface area contributed by atoms with Crippen LogP contribution in [0.4, 0.5) is 0 Å². The summed E-state index contributed by atoms with van der Waals surface area (Å²) in [5, 5.41) is 46.0. The predicted octanol–water partition coefficient (Wildman–Crippen LogP) is 3.86. The van der Waals surface area contributed by atoms with Crippen molar-refractivity contribution in [2.45, 2.75) is 166 Å². The Bertz CT molecular complexity index is 1460. The summed E-state index contributed by atoms with van der Waals surface area (Å²) in [6.07, 6.45) is 1.58. The van der Waals surface area contributed by atoms with Crippen molar-refractivity contribution in [3.8, 4) is 0 Å². The number of amides is 1. The van der Waals surface area contributed by atoms with Crippen LogP contribution in [-0.4, -0.2) is 131 Å². The van der Waals surface area contributed by atoms with Crippen molar-refractivity contribution in [2.75, 3.05) is 27.9 Å². The summed E-state index contributed by atoms with van der Waals surface area (Å²) in [6.45, 7) is 11.0. The fraction of sp³-hybridized carbons (Fsp3) is 0.814. The molecule has 2 saturated heterocycles. The van der Waals surface area contributed by atoms with Crippen LogP contribution in [0.15, 0.2) is 23.3 Å². The Hall–Kier alpha value is -2.52. The first-order chi connectivity index (χ1) is 26.4. The van der Waals surface area contributed by atoms with E-state index < -0.39 is 83.2 Å². The molecule has 4 aliphatic rings. The zero-order valence-electron chi connectivity index (χ0n) is 35.1. The van der Waals surface area contributed by atoms with E-state index in [4.69, 9.17) is 18.9 Å². The van der Waals surface area contributed by atoms with Crippen molar-refractivity contribution in [1.29, 1.82) is 0 Å². The number of aliphatic hydroxyl groups excluding tert-OH is 3. The molecule has 56 heavy (non-hydrogen) atoms. The van der Waals surface area contributed by atoms with Crippen molar-refractivity contribution in [3.63, 3.8) is 0 Å². The second kappa shape index (κ2) is 19.5. The number of esters is 1. The minimum Gasteiger partial charge on any atom is -0.455 e. The number of piperidine rings is 1. The van der Waals surface area contributed by atoms with Gasteiger partial charge in [0, 0.05) is 52.0 Å². The van der Waals surface area contributed by atoms with Crippen molar-refractivity contribution in [1.82, 2.24) is 4.90 Å². The van der Waals surface area contributed by atoms with Gasteiger partial charge in [-0.05, 0) is 95.5 Å². The molecule has 0 aromatic heterocycles. The van der Waals surface area contributed by atoms with E-state index in [0.717, 1.165) is 10.5 Å². The first-order valence-corrected chi connectivity index (χ1v) is 20.7. The molecule has 13 nitrogen and oxygen atoms in total. The molecule has 0 aromatic carbocycles. The van der Waals surface area contributed by atoms with E-state index in [1.54, 1.807) is 27.9 Å². The molecule has 2 bridgehead atoms. The average molecular weight is 792 g/mol. The van der Waals surface area contributed by atoms with E-state index in [1.165, 1.54) is 14.2 Å². The summed E-state index contributed by atoms with van der Waals surface area (Å²) >= 11 is 0. The van der Waals surface area contributed by atoms with E-state index >= 15 is 0 Å². The van der Waals surface area contributed by atoms with E-state index in [-0.39, 0.29) is 49.5 Å². The molecule has 1 amide bonds. The van der Waals surface area contributed by atoms with Gasteiger partial charge in [-0.1, -0.05) is 45.4 Å². The smallest absolute Gasteiger partial charge is 0.340 e. The summed E-state index contributed by atoms with van der Waals surface area (Å²) in [5.74, 6) is -5.40. The van der Waals surface area contributed by atoms with Crippen LogP contribution in [0, 0.1) is 29.6 Å². The third kappa shape index (κ3) is 9.35. The largest absolute Gasteiger partial charge is 0.455 e. The van der Waals surface area contributed by atoms with Gasteiger partial charge < -0.3 is 44.3 Å². The lowest BCUT2D eigenvalue weighted by Gasteiger charge is -2.40. The minimum absolute atomic E-state index is 0.0244. The lowest BCUT2D eigenvalue weighted by Crippen LogP contribution is -2.60. The molecule has 3 aliphatic heterocycles. The molecule has 4 rings (SSSR count). The highest BCUT2D eigenvalue weighted by molar-refractivity contribution is 6.28. The maximum atomic E-state index is 14.8. The minimum atomic E-state index is -2.61. The zero-order chi connectivity index (χ0) is 41.7. The number of hydrogen-bond acceptors (Lipinski definition) is 12. The Labute approximate surface area is 333 Å². The number of aliphatic hydroxyl groups is 4. The summed E-state index contributed by atoms with van der Waals surface area (Å²) in [6, 6.07) is 0. The highest BCUT2D eigenvalue weighted by atomic mass is 16.6. The Morgan fingerprint density at radius 2 is 1.55 bits per heavy atom. The summed E-state index contributed by atoms with van der Waals surface area (Å²) in [5.41, 5.74) is -3.15. The number of rotatable bonds is 6. The van der Waals surface area contributed by atoms with Gasteiger partial charge in [-0.3, -0.25) is 14.4 Å². The van der Waals surface area contributed by atoms with Crippen LogP contribution in [0.2, 0.25) is 0 Å². The number of Topliss-reactive ketones (excluding diaryl/α,β-unsaturated/α-hetero) is 2. The number of methoxy groups -OCH3 is 3. The van der Waals surface area contributed by atoms with Crippen LogP contribution in [0.3, 0.4) is 0 Å². The number of carbonyl (C=O) groups is 4. The normalized spacial score (nSPS) is 42.7. The monoisotopic (exact) mass is 791 g/mol. The molecule has 13 heteroatoms. The number of nitrogens with zero attached hydrogens (tertiary/aromatic N) is 1. The third-order valence-corrected chi connectivity index (χ3v) is 13.3. The molecule has 0 aromatic rings. The van der Waals surface area contributed by atoms with Gasteiger partial charge in [0.25, 0.3) is 5.91 Å². The molecule has 3 fully saturated rings. The van der Waals surface area contributed by atoms with Crippen molar-refractivity contribution in [3.05, 3.63) is 23.3 Å². The number of hydrogen-bond donors (Lipinski definition) is 4. The topological polar surface area (TPSA) is 189 Å². The molecule has 0 radical (unpaired) electrons. The first kappa shape index (κ1) is 46.2. The van der Waals surface area contributed by atoms with Gasteiger partial charge in [0.05, 0.1) is 30.5 Å². The predicted molar refractivity (Wildman–Crippen MR) is 208 cm³/mol. The second-order valence-electron chi connectivity index (χ2n) is 17.4. The Morgan fingerprint density at radius 3 is 2.18 bits per heavy atom. The Balaban J connectivity index is 1.82. The number of carbonyl (C=O) groups excluding carboxylic acids is 4. The van der Waals surface area contributed by atoms with Gasteiger partial charge in [-0.25, -0.2) is 4.79 Å². The van der Waals surface area contributed by atoms with Gasteiger partial charge in [0.15, 0.2) is 0 Å². The van der Waals surface area contributed by atoms with Crippen LogP contribution >= 0.6 is 0 Å². The fourth-order valence-electron chi connectivity index (χ4n) is 9.82. The fourth-order valence-corrected chi connectivity index (χ4v) is 9.82. The van der Waals surface area contributed by atoms with Crippen molar-refractivity contribution < 1.29 is 58.6 Å². The molecular weight excluding hydrogens is 722 g/mol. The Morgan fingerprint density at radius 1 is 0.911 bits per heavy atom. The van der Waals surface area contributed by atoms with Crippen LogP contribution in [-0.2, 0) is 38.1 Å². The van der Waals surface area contributed by atoms with E-state index in [9.17, 15) is 39.6 Å². The molecule has 14 atom stereocenters. The summed E-state index contributed by atoms with van der Waals surface area (Å²) in [7, 11) is 4.45. The van der Waals surface area contributed by atoms with Crippen LogP contribution in [0.5, 0.6) is 0 Å². The average Bonchev–Trinajstić information content (AvgIpc) is 3.35. The number of cyclic esters (lactones) is 1. The number of ether oxygens (including phenoxy) is 4. The molecule has 1 saturated carbocycles. The standard InChI is InChI=1S/C43H69NO12/c1-10-30-18-24(2)17-25(3)19-35(54-8)37(48)36(55-9)21-27(5)43(52)39(49)42(15-11-12-16-44(42)40(43)50)41(51)56-38(28(6)32(46)23-33(30)47)26(4)20-29-13-14-31(45)34(22-29)53-7/h18,20,25,27-32,34-38,45-46,48,52H,10-17,19,21-23H2,1-9H3/b24-18+,26-20+. The van der Waals surface area contributed by atoms with Crippen molar-refractivity contribution >= 4 is 23.4 Å². The Kier molecular flexibility index (Phi) is 16.1.